The van der Waals surface area contributed by atoms with Crippen LogP contribution in [-0.2, 0) is 6.42 Å². The lowest BCUT2D eigenvalue weighted by Crippen LogP contribution is -1.91. The fraction of sp³-hybridized carbons (Fsp3) is 0.200. The van der Waals surface area contributed by atoms with Crippen molar-refractivity contribution in [1.29, 1.82) is 0 Å². The molecule has 0 bridgehead atoms. The van der Waals surface area contributed by atoms with Crippen molar-refractivity contribution < 1.29 is 9.50 Å². The van der Waals surface area contributed by atoms with Gasteiger partial charge in [0.2, 0.25) is 0 Å². The van der Waals surface area contributed by atoms with Gasteiger partial charge in [0.1, 0.15) is 5.82 Å². The summed E-state index contributed by atoms with van der Waals surface area (Å²) in [6.45, 7) is 0.110. The minimum absolute atomic E-state index is 0.110. The maximum absolute atomic E-state index is 13.2. The van der Waals surface area contributed by atoms with Gasteiger partial charge < -0.3 is 5.11 Å². The Morgan fingerprint density at radius 3 is 2.92 bits per heavy atom. The van der Waals surface area contributed by atoms with Gasteiger partial charge in [0.05, 0.1) is 0 Å². The molecule has 3 heteroatoms. The number of thiophene rings is 1. The van der Waals surface area contributed by atoms with E-state index < -0.39 is 0 Å². The van der Waals surface area contributed by atoms with Crippen molar-refractivity contribution in [2.24, 2.45) is 0 Å². The number of fused-ring (bicyclic) bond motifs is 1. The summed E-state index contributed by atoms with van der Waals surface area (Å²) in [6, 6.07) is 4.97. The molecule has 1 aromatic carbocycles. The predicted octanol–water partition coefficient (Wildman–Crippen LogP) is 2.58. The van der Waals surface area contributed by atoms with Gasteiger partial charge in [-0.05, 0) is 29.5 Å². The highest BCUT2D eigenvalue weighted by Gasteiger charge is 2.05. The Balaban J connectivity index is 2.64. The summed E-state index contributed by atoms with van der Waals surface area (Å²) >= 11 is 1.52. The fourth-order valence-electron chi connectivity index (χ4n) is 1.40. The summed E-state index contributed by atoms with van der Waals surface area (Å²) in [7, 11) is 0. The predicted molar refractivity (Wildman–Crippen MR) is 52.6 cm³/mol. The molecule has 1 aromatic heterocycles. The van der Waals surface area contributed by atoms with Crippen molar-refractivity contribution in [3.8, 4) is 0 Å². The van der Waals surface area contributed by atoms with Gasteiger partial charge in [-0.25, -0.2) is 4.39 Å². The Kier molecular flexibility index (Phi) is 2.29. The van der Waals surface area contributed by atoms with E-state index in [1.165, 1.54) is 17.4 Å². The zero-order chi connectivity index (χ0) is 9.26. The molecule has 0 aliphatic rings. The Hall–Kier alpha value is -0.930. The van der Waals surface area contributed by atoms with Crippen molar-refractivity contribution in [2.45, 2.75) is 6.42 Å². The second-order valence-corrected chi connectivity index (χ2v) is 3.76. The number of halogens is 1. The van der Waals surface area contributed by atoms with E-state index in [9.17, 15) is 4.39 Å². The number of aliphatic hydroxyl groups is 1. The third-order valence-corrected chi connectivity index (χ3v) is 3.02. The lowest BCUT2D eigenvalue weighted by Gasteiger charge is -2.00. The molecule has 0 radical (unpaired) electrons. The Labute approximate surface area is 79.4 Å². The zero-order valence-corrected chi connectivity index (χ0v) is 7.77. The molecule has 0 saturated carbocycles. The first-order valence-corrected chi connectivity index (χ1v) is 4.96. The SMILES string of the molecule is OCCc1ccc(F)c2ccsc12. The molecule has 68 valence electrons. The first-order valence-electron chi connectivity index (χ1n) is 4.08. The van der Waals surface area contributed by atoms with Crippen LogP contribution in [0.5, 0.6) is 0 Å². The molecular formula is C10H9FOS. The van der Waals surface area contributed by atoms with Crippen molar-refractivity contribution in [1.82, 2.24) is 0 Å². The van der Waals surface area contributed by atoms with E-state index in [0.717, 1.165) is 10.3 Å². The van der Waals surface area contributed by atoms with E-state index in [4.69, 9.17) is 5.11 Å². The van der Waals surface area contributed by atoms with E-state index in [1.54, 1.807) is 12.1 Å². The maximum Gasteiger partial charge on any atom is 0.131 e. The van der Waals surface area contributed by atoms with Crippen molar-refractivity contribution in [3.63, 3.8) is 0 Å². The molecule has 0 atom stereocenters. The molecule has 0 unspecified atom stereocenters. The lowest BCUT2D eigenvalue weighted by molar-refractivity contribution is 0.300. The largest absolute Gasteiger partial charge is 0.396 e. The fourth-order valence-corrected chi connectivity index (χ4v) is 2.36. The molecular weight excluding hydrogens is 187 g/mol. The Morgan fingerprint density at radius 2 is 2.15 bits per heavy atom. The first-order chi connectivity index (χ1) is 6.33. The van der Waals surface area contributed by atoms with Crippen LogP contribution in [0.25, 0.3) is 10.1 Å². The van der Waals surface area contributed by atoms with E-state index in [0.29, 0.717) is 11.8 Å². The summed E-state index contributed by atoms with van der Waals surface area (Å²) in [5.74, 6) is -0.182. The Bertz CT molecular complexity index is 422. The molecule has 2 rings (SSSR count). The molecule has 0 aliphatic heterocycles. The highest BCUT2D eigenvalue weighted by molar-refractivity contribution is 7.17. The highest BCUT2D eigenvalue weighted by Crippen LogP contribution is 2.27. The van der Waals surface area contributed by atoms with E-state index in [-0.39, 0.29) is 12.4 Å². The third kappa shape index (κ3) is 1.45. The van der Waals surface area contributed by atoms with Gasteiger partial charge in [0.15, 0.2) is 0 Å². The standard InChI is InChI=1S/C10H9FOS/c11-9-2-1-7(3-5-12)10-8(9)4-6-13-10/h1-2,4,6,12H,3,5H2. The van der Waals surface area contributed by atoms with Crippen LogP contribution in [0.2, 0.25) is 0 Å². The molecule has 0 aliphatic carbocycles. The van der Waals surface area contributed by atoms with Gasteiger partial charge >= 0.3 is 0 Å². The lowest BCUT2D eigenvalue weighted by atomic mass is 10.1. The van der Waals surface area contributed by atoms with Crippen LogP contribution in [0.15, 0.2) is 23.6 Å². The highest BCUT2D eigenvalue weighted by atomic mass is 32.1. The van der Waals surface area contributed by atoms with E-state index in [2.05, 4.69) is 0 Å². The summed E-state index contributed by atoms with van der Waals surface area (Å²) in [4.78, 5) is 0. The van der Waals surface area contributed by atoms with Crippen LogP contribution < -0.4 is 0 Å². The number of hydrogen-bond donors (Lipinski definition) is 1. The van der Waals surface area contributed by atoms with Crippen molar-refractivity contribution in [3.05, 3.63) is 35.0 Å². The van der Waals surface area contributed by atoms with Gasteiger partial charge in [-0.2, -0.15) is 0 Å². The second-order valence-electron chi connectivity index (χ2n) is 2.84. The number of hydrogen-bond acceptors (Lipinski definition) is 2. The maximum atomic E-state index is 13.2. The number of aliphatic hydroxyl groups excluding tert-OH is 1. The minimum atomic E-state index is -0.182. The molecule has 0 amide bonds. The van der Waals surface area contributed by atoms with Crippen LogP contribution in [0.4, 0.5) is 4.39 Å². The van der Waals surface area contributed by atoms with Gasteiger partial charge in [-0.15, -0.1) is 11.3 Å². The first kappa shape index (κ1) is 8.66. The smallest absolute Gasteiger partial charge is 0.131 e. The molecule has 2 aromatic rings. The van der Waals surface area contributed by atoms with Crippen LogP contribution in [-0.4, -0.2) is 11.7 Å². The minimum Gasteiger partial charge on any atom is -0.396 e. The van der Waals surface area contributed by atoms with Gasteiger partial charge in [-0.1, -0.05) is 6.07 Å². The topological polar surface area (TPSA) is 20.2 Å². The molecule has 1 nitrogen and oxygen atoms in total. The van der Waals surface area contributed by atoms with E-state index in [1.807, 2.05) is 5.38 Å². The number of rotatable bonds is 2. The van der Waals surface area contributed by atoms with Crippen LogP contribution in [0.3, 0.4) is 0 Å². The van der Waals surface area contributed by atoms with E-state index >= 15 is 0 Å². The van der Waals surface area contributed by atoms with Gasteiger partial charge in [-0.3, -0.25) is 0 Å². The molecule has 0 fully saturated rings. The quantitative estimate of drug-likeness (QED) is 0.782. The van der Waals surface area contributed by atoms with Crippen molar-refractivity contribution >= 4 is 21.4 Å². The van der Waals surface area contributed by atoms with Crippen LogP contribution in [0.1, 0.15) is 5.56 Å². The monoisotopic (exact) mass is 196 g/mol. The molecule has 13 heavy (non-hydrogen) atoms. The van der Waals surface area contributed by atoms with Crippen molar-refractivity contribution in [2.75, 3.05) is 6.61 Å². The average molecular weight is 196 g/mol. The molecule has 0 saturated heterocycles. The molecule has 0 spiro atoms. The normalized spacial score (nSPS) is 10.9. The summed E-state index contributed by atoms with van der Waals surface area (Å²) in [5.41, 5.74) is 1.02. The number of benzene rings is 1. The third-order valence-electron chi connectivity index (χ3n) is 2.03. The van der Waals surface area contributed by atoms with Crippen LogP contribution in [0, 0.1) is 5.82 Å². The van der Waals surface area contributed by atoms with Crippen LogP contribution >= 0.6 is 11.3 Å². The van der Waals surface area contributed by atoms with Gasteiger partial charge in [0, 0.05) is 16.7 Å². The Morgan fingerprint density at radius 1 is 1.31 bits per heavy atom. The molecule has 1 heterocycles. The zero-order valence-electron chi connectivity index (χ0n) is 6.96. The average Bonchev–Trinajstić information content (AvgIpc) is 2.59. The summed E-state index contributed by atoms with van der Waals surface area (Å²) in [5, 5.41) is 11.3. The van der Waals surface area contributed by atoms with Gasteiger partial charge in [0.25, 0.3) is 0 Å². The molecule has 1 N–H and O–H groups in total. The summed E-state index contributed by atoms with van der Waals surface area (Å²) < 4.78 is 14.1. The summed E-state index contributed by atoms with van der Waals surface area (Å²) in [6.07, 6.45) is 0.595. The second kappa shape index (κ2) is 3.44.